The van der Waals surface area contributed by atoms with Gasteiger partial charge in [-0.3, -0.25) is 9.59 Å². The van der Waals surface area contributed by atoms with Crippen LogP contribution in [-0.2, 0) is 32.3 Å². The fourth-order valence-corrected chi connectivity index (χ4v) is 6.25. The molecule has 0 aromatic carbocycles. The second-order valence-electron chi connectivity index (χ2n) is 13.1. The second-order valence-corrected chi connectivity index (χ2v) is 15.0. The molecule has 70 heavy (non-hydrogen) atoms. The summed E-state index contributed by atoms with van der Waals surface area (Å²) in [7, 11) is -10.9. The van der Waals surface area contributed by atoms with Crippen molar-refractivity contribution in [2.45, 2.75) is 94.6 Å². The molecule has 0 rings (SSSR count). The van der Waals surface area contributed by atoms with Crippen LogP contribution in [0.4, 0.5) is 158 Å². The van der Waals surface area contributed by atoms with E-state index in [4.69, 9.17) is 0 Å². The third-order valence-electron chi connectivity index (χ3n) is 8.25. The first-order chi connectivity index (χ1) is 30.5. The van der Waals surface area contributed by atoms with Crippen molar-refractivity contribution in [3.63, 3.8) is 0 Å². The molecule has 0 atom stereocenters. The predicted molar refractivity (Wildman–Crippen MR) is 144 cm³/mol. The van der Waals surface area contributed by atoms with Gasteiger partial charge in [0.1, 0.15) is 13.2 Å². The highest BCUT2D eigenvalue weighted by Gasteiger charge is 2.97. The minimum Gasteiger partial charge on any atom is -0.343 e. The first kappa shape index (κ1) is 66.8. The van der Waals surface area contributed by atoms with Crippen LogP contribution in [0, 0.1) is 0 Å². The molecule has 0 saturated heterocycles. The van der Waals surface area contributed by atoms with Gasteiger partial charge in [0.2, 0.25) is 0 Å². The Kier molecular flexibility index (Phi) is 19.0. The van der Waals surface area contributed by atoms with Gasteiger partial charge in [-0.25, -0.2) is 31.2 Å². The lowest BCUT2D eigenvalue weighted by Crippen LogP contribution is -2.83. The first-order valence-electron chi connectivity index (χ1n) is 16.0. The number of hydrogen-bond donors (Lipinski definition) is 0. The number of hydrogen-bond acceptors (Lipinski definition) is 7. The average Bonchev–Trinajstić information content (AvgIpc) is 3.21. The minimum absolute atomic E-state index is 1.80. The largest absolute Gasteiger partial charge is 0.709 e. The molecular weight excluding hydrogens is 1140 g/mol. The normalized spacial score (nSPS) is 16.0. The zero-order valence-corrected chi connectivity index (χ0v) is 32.6. The Morgan fingerprint density at radius 1 is 0.329 bits per heavy atom. The summed E-state index contributed by atoms with van der Waals surface area (Å²) < 4.78 is 525. The summed E-state index contributed by atoms with van der Waals surface area (Å²) in [5, 5.41) is 0. The molecule has 0 heterocycles. The molecule has 0 aliphatic rings. The van der Waals surface area contributed by atoms with Gasteiger partial charge in [-0.15, -0.1) is 0 Å². The summed E-state index contributed by atoms with van der Waals surface area (Å²) in [5.74, 6) is -111. The number of ketones is 2. The zero-order valence-electron chi connectivity index (χ0n) is 31.6. The van der Waals surface area contributed by atoms with Gasteiger partial charge in [-0.1, -0.05) is 0 Å². The van der Waals surface area contributed by atoms with Crippen LogP contribution in [0.25, 0.3) is 0 Å². The van der Waals surface area contributed by atoms with Crippen LogP contribution in [0.1, 0.15) is 0 Å². The summed E-state index contributed by atoms with van der Waals surface area (Å²) in [6.45, 7) is -38.0. The maximum Gasteiger partial charge on any atom is 0.709 e. The molecule has 0 saturated carbocycles. The topological polar surface area (TPSA) is 80.3 Å². The predicted octanol–water partition coefficient (Wildman–Crippen LogP) is 10.6. The number of Topliss-reactive ketones (excluding diaryl/α,β-unsaturated/α-hetero) is 2. The standard InChI is InChI=1S/C26H16F36O7Si/c27-1-11(33,34)17(45,46)7-65-70(66-8-18(47,48)12(35,36)2-28,68-19(9(63)20(49,50)51,10(64)21(52,53)54)23(55,56)13(37,38)3-29)69-67-22(24(57,58)14(39,40)4-30,25(59,60)15(41,42)5-31)26(61,62)16(43,44)6-32/h1-8H2. The van der Waals surface area contributed by atoms with E-state index in [1.165, 1.54) is 0 Å². The van der Waals surface area contributed by atoms with Crippen molar-refractivity contribution in [2.75, 3.05) is 53.3 Å². The Labute approximate surface area is 360 Å². The Morgan fingerprint density at radius 3 is 0.771 bits per heavy atom. The van der Waals surface area contributed by atoms with Gasteiger partial charge in [0, 0.05) is 0 Å². The van der Waals surface area contributed by atoms with E-state index in [0.717, 1.165) is 0 Å². The number of carbonyl (C=O) groups is 2. The molecule has 0 bridgehead atoms. The maximum absolute atomic E-state index is 15.5. The lowest BCUT2D eigenvalue weighted by molar-refractivity contribution is -0.524. The lowest BCUT2D eigenvalue weighted by Gasteiger charge is -2.51. The molecule has 0 N–H and O–H groups in total. The monoisotopic (exact) mass is 1150 g/mol. The van der Waals surface area contributed by atoms with E-state index in [0.29, 0.717) is 0 Å². The maximum atomic E-state index is 15.5. The van der Waals surface area contributed by atoms with Crippen molar-refractivity contribution < 1.29 is 190 Å². The Balaban J connectivity index is 10.4. The molecule has 0 spiro atoms. The quantitative estimate of drug-likeness (QED) is 0.0243. The zero-order chi connectivity index (χ0) is 56.8. The molecule has 7 nitrogen and oxygen atoms in total. The van der Waals surface area contributed by atoms with Gasteiger partial charge in [-0.05, 0) is 0 Å². The van der Waals surface area contributed by atoms with Crippen LogP contribution in [0.15, 0.2) is 0 Å². The molecule has 0 aliphatic carbocycles. The fourth-order valence-electron chi connectivity index (χ4n) is 4.29. The lowest BCUT2D eigenvalue weighted by atomic mass is 9.74. The summed E-state index contributed by atoms with van der Waals surface area (Å²) in [4.78, 5) is 26.5. The van der Waals surface area contributed by atoms with E-state index >= 15 is 35.1 Å². The number of carbonyl (C=O) groups excluding carboxylic acids is 2. The molecule has 0 amide bonds. The molecule has 0 aromatic heterocycles. The van der Waals surface area contributed by atoms with E-state index in [1.54, 1.807) is 4.89 Å². The molecule has 0 fully saturated rings. The molecule has 0 unspecified atom stereocenters. The van der Waals surface area contributed by atoms with Gasteiger partial charge >= 0.3 is 98.1 Å². The molecule has 0 radical (unpaired) electrons. The van der Waals surface area contributed by atoms with Crippen molar-refractivity contribution in [3.05, 3.63) is 0 Å². The van der Waals surface area contributed by atoms with E-state index < -0.39 is 169 Å². The van der Waals surface area contributed by atoms with Crippen molar-refractivity contribution in [1.82, 2.24) is 0 Å². The number of rotatable bonds is 29. The van der Waals surface area contributed by atoms with Crippen LogP contribution in [0.5, 0.6) is 0 Å². The fraction of sp³-hybridized carbons (Fsp3) is 0.923. The van der Waals surface area contributed by atoms with Crippen LogP contribution >= 0.6 is 0 Å². The third-order valence-corrected chi connectivity index (χ3v) is 10.1. The SMILES string of the molecule is O=C(C(F)(F)F)C(O[Si](OCC(F)(F)C(F)(F)CF)(OCC(F)(F)C(F)(F)CF)OOC(C(F)(F)C(F)(F)CF)(C(F)(F)C(F)(F)CF)C(F)(F)C(F)(F)CF)(C(=O)C(F)(F)F)C(F)(F)C(F)(F)CF. The molecular formula is C26H16F36O7Si. The summed E-state index contributed by atoms with van der Waals surface area (Å²) in [6, 6.07) is 0. The van der Waals surface area contributed by atoms with Gasteiger partial charge in [0.05, 0.1) is 0 Å². The Bertz CT molecular complexity index is 1670. The Hall–Kier alpha value is -3.16. The van der Waals surface area contributed by atoms with Crippen LogP contribution in [0.2, 0.25) is 0 Å². The average molecular weight is 1150 g/mol. The van der Waals surface area contributed by atoms with Gasteiger partial charge < -0.3 is 13.3 Å². The van der Waals surface area contributed by atoms with Crippen LogP contribution in [0.3, 0.4) is 0 Å². The van der Waals surface area contributed by atoms with Gasteiger partial charge in [0.25, 0.3) is 17.2 Å². The molecule has 44 heteroatoms. The van der Waals surface area contributed by atoms with Gasteiger partial charge in [0.15, 0.2) is 40.0 Å². The minimum atomic E-state index is -10.9. The van der Waals surface area contributed by atoms with Gasteiger partial charge in [-0.2, -0.15) is 136 Å². The highest BCUT2D eigenvalue weighted by molar-refractivity contribution is 6.54. The first-order valence-corrected chi connectivity index (χ1v) is 17.6. The number of halogens is 36. The van der Waals surface area contributed by atoms with Crippen LogP contribution in [-0.4, -0.2) is 169 Å². The van der Waals surface area contributed by atoms with E-state index in [-0.39, 0.29) is 0 Å². The summed E-state index contributed by atoms with van der Waals surface area (Å²) in [6.07, 6.45) is -16.8. The highest BCUT2D eigenvalue weighted by Crippen LogP contribution is 2.65. The van der Waals surface area contributed by atoms with Crippen molar-refractivity contribution >= 4 is 20.6 Å². The van der Waals surface area contributed by atoms with Crippen LogP contribution < -0.4 is 0 Å². The van der Waals surface area contributed by atoms with E-state index in [1.807, 2.05) is 0 Å². The molecule has 0 aliphatic heterocycles. The third kappa shape index (κ3) is 10.9. The summed E-state index contributed by atoms with van der Waals surface area (Å²) >= 11 is 0. The second kappa shape index (κ2) is 19.9. The number of alkyl halides is 36. The van der Waals surface area contributed by atoms with Crippen molar-refractivity contribution in [1.29, 1.82) is 0 Å². The van der Waals surface area contributed by atoms with E-state index in [2.05, 4.69) is 17.9 Å². The smallest absolute Gasteiger partial charge is 0.343 e. The van der Waals surface area contributed by atoms with Crippen molar-refractivity contribution in [3.8, 4) is 0 Å². The van der Waals surface area contributed by atoms with E-state index in [9.17, 15) is 133 Å². The highest BCUT2D eigenvalue weighted by atomic mass is 28.4. The summed E-state index contributed by atoms with van der Waals surface area (Å²) in [5.41, 5.74) is -18.7. The molecule has 418 valence electrons. The Morgan fingerprint density at radius 2 is 0.557 bits per heavy atom. The van der Waals surface area contributed by atoms with Crippen molar-refractivity contribution in [2.24, 2.45) is 0 Å². The molecule has 0 aromatic rings.